The number of aromatic amines is 1. The van der Waals surface area contributed by atoms with E-state index in [4.69, 9.17) is 10.2 Å². The third kappa shape index (κ3) is 3.94. The molecule has 100 valence electrons. The second-order valence-electron chi connectivity index (χ2n) is 4.05. The summed E-state index contributed by atoms with van der Waals surface area (Å²) in [5, 5.41) is 20.2. The molecule has 7 heteroatoms. The van der Waals surface area contributed by atoms with Gasteiger partial charge in [0.1, 0.15) is 0 Å². The van der Waals surface area contributed by atoms with Gasteiger partial charge in [-0.2, -0.15) is 4.98 Å². The average Bonchev–Trinajstić information content (AvgIpc) is 2.30. The van der Waals surface area contributed by atoms with Crippen molar-refractivity contribution in [1.29, 1.82) is 0 Å². The van der Waals surface area contributed by atoms with E-state index < -0.39 is 18.4 Å². The van der Waals surface area contributed by atoms with Gasteiger partial charge in [0.25, 0.3) is 0 Å². The number of aryl methyl sites for hydroxylation is 2. The first-order valence-corrected chi connectivity index (χ1v) is 5.56. The van der Waals surface area contributed by atoms with Crippen LogP contribution in [0.25, 0.3) is 0 Å². The standard InChI is InChI=1S/C11H17N3O4/c1-6-9(7(2)14-11(18)13-6)3-10(17)12-4-8(16)5-15/h8,15-16H,3-5H2,1-2H3,(H,12,17)(H,13,14,18). The van der Waals surface area contributed by atoms with Gasteiger partial charge in [0.2, 0.25) is 5.91 Å². The first kappa shape index (κ1) is 14.3. The van der Waals surface area contributed by atoms with Gasteiger partial charge in [-0.25, -0.2) is 4.79 Å². The van der Waals surface area contributed by atoms with Crippen LogP contribution in [0.15, 0.2) is 4.79 Å². The Morgan fingerprint density at radius 2 is 2.17 bits per heavy atom. The molecular weight excluding hydrogens is 238 g/mol. The van der Waals surface area contributed by atoms with Crippen LogP contribution in [-0.4, -0.2) is 45.3 Å². The quantitative estimate of drug-likeness (QED) is 0.505. The van der Waals surface area contributed by atoms with Crippen molar-refractivity contribution in [3.8, 4) is 0 Å². The molecule has 1 amide bonds. The van der Waals surface area contributed by atoms with Gasteiger partial charge < -0.3 is 20.5 Å². The number of aromatic nitrogens is 2. The van der Waals surface area contributed by atoms with E-state index in [1.54, 1.807) is 13.8 Å². The van der Waals surface area contributed by atoms with Crippen LogP contribution < -0.4 is 11.0 Å². The summed E-state index contributed by atoms with van der Waals surface area (Å²) in [6.45, 7) is 2.94. The van der Waals surface area contributed by atoms with Crippen molar-refractivity contribution in [2.75, 3.05) is 13.2 Å². The molecular formula is C11H17N3O4. The maximum atomic E-state index is 11.6. The van der Waals surface area contributed by atoms with E-state index in [9.17, 15) is 9.59 Å². The summed E-state index contributed by atoms with van der Waals surface area (Å²) in [5.74, 6) is -0.303. The fraction of sp³-hybridized carbons (Fsp3) is 0.545. The van der Waals surface area contributed by atoms with E-state index in [1.165, 1.54) is 0 Å². The SMILES string of the molecule is Cc1nc(=O)[nH]c(C)c1CC(=O)NCC(O)CO. The Balaban J connectivity index is 2.68. The molecule has 0 aliphatic carbocycles. The molecule has 0 fully saturated rings. The number of carbonyl (C=O) groups is 1. The minimum Gasteiger partial charge on any atom is -0.394 e. The van der Waals surface area contributed by atoms with Crippen LogP contribution in [0.2, 0.25) is 0 Å². The van der Waals surface area contributed by atoms with Gasteiger partial charge in [-0.05, 0) is 13.8 Å². The zero-order valence-electron chi connectivity index (χ0n) is 10.4. The molecule has 4 N–H and O–H groups in total. The molecule has 0 spiro atoms. The number of nitrogens with zero attached hydrogens (tertiary/aromatic N) is 1. The van der Waals surface area contributed by atoms with Gasteiger partial charge in [0, 0.05) is 23.5 Å². The van der Waals surface area contributed by atoms with Gasteiger partial charge in [-0.1, -0.05) is 0 Å². The van der Waals surface area contributed by atoms with E-state index in [0.29, 0.717) is 17.0 Å². The molecule has 0 saturated carbocycles. The molecule has 0 saturated heterocycles. The maximum Gasteiger partial charge on any atom is 0.345 e. The van der Waals surface area contributed by atoms with Crippen LogP contribution in [0.3, 0.4) is 0 Å². The fourth-order valence-corrected chi connectivity index (χ4v) is 1.53. The van der Waals surface area contributed by atoms with Crippen molar-refractivity contribution in [2.45, 2.75) is 26.4 Å². The van der Waals surface area contributed by atoms with Crippen molar-refractivity contribution in [1.82, 2.24) is 15.3 Å². The first-order valence-electron chi connectivity index (χ1n) is 5.56. The first-order chi connectivity index (χ1) is 8.43. The molecule has 1 aromatic heterocycles. The van der Waals surface area contributed by atoms with Crippen molar-refractivity contribution < 1.29 is 15.0 Å². The number of aliphatic hydroxyl groups excluding tert-OH is 2. The molecule has 1 rings (SSSR count). The highest BCUT2D eigenvalue weighted by atomic mass is 16.3. The smallest absolute Gasteiger partial charge is 0.345 e. The average molecular weight is 255 g/mol. The molecule has 0 aromatic carbocycles. The second kappa shape index (κ2) is 6.27. The molecule has 0 aliphatic rings. The van der Waals surface area contributed by atoms with Gasteiger partial charge in [0.05, 0.1) is 19.1 Å². The third-order valence-corrected chi connectivity index (χ3v) is 2.54. The largest absolute Gasteiger partial charge is 0.394 e. The van der Waals surface area contributed by atoms with E-state index in [2.05, 4.69) is 15.3 Å². The lowest BCUT2D eigenvalue weighted by Gasteiger charge is -2.11. The summed E-state index contributed by atoms with van der Waals surface area (Å²) in [4.78, 5) is 28.9. The number of nitrogens with one attached hydrogen (secondary N) is 2. The fourth-order valence-electron chi connectivity index (χ4n) is 1.53. The number of H-pyrrole nitrogens is 1. The zero-order valence-corrected chi connectivity index (χ0v) is 10.4. The number of rotatable bonds is 5. The Morgan fingerprint density at radius 3 is 2.72 bits per heavy atom. The molecule has 0 radical (unpaired) electrons. The van der Waals surface area contributed by atoms with Crippen LogP contribution in [0.1, 0.15) is 17.0 Å². The number of carbonyl (C=O) groups excluding carboxylic acids is 1. The second-order valence-corrected chi connectivity index (χ2v) is 4.05. The lowest BCUT2D eigenvalue weighted by molar-refractivity contribution is -0.121. The van der Waals surface area contributed by atoms with Crippen LogP contribution >= 0.6 is 0 Å². The summed E-state index contributed by atoms with van der Waals surface area (Å²) in [6.07, 6.45) is -0.899. The van der Waals surface area contributed by atoms with Crippen molar-refractivity contribution >= 4 is 5.91 Å². The summed E-state index contributed by atoms with van der Waals surface area (Å²) in [5.41, 5.74) is 1.33. The lowest BCUT2D eigenvalue weighted by Crippen LogP contribution is -2.35. The number of hydrogen-bond acceptors (Lipinski definition) is 5. The number of hydrogen-bond donors (Lipinski definition) is 4. The molecule has 1 aromatic rings. The van der Waals surface area contributed by atoms with Gasteiger partial charge in [-0.3, -0.25) is 4.79 Å². The summed E-state index contributed by atoms with van der Waals surface area (Å²) in [6, 6.07) is 0. The van der Waals surface area contributed by atoms with Crippen LogP contribution in [0, 0.1) is 13.8 Å². The highest BCUT2D eigenvalue weighted by molar-refractivity contribution is 5.79. The van der Waals surface area contributed by atoms with Crippen molar-refractivity contribution in [3.63, 3.8) is 0 Å². The summed E-state index contributed by atoms with van der Waals surface area (Å²) in [7, 11) is 0. The topological polar surface area (TPSA) is 115 Å². The predicted octanol–water partition coefficient (Wildman–Crippen LogP) is -1.60. The van der Waals surface area contributed by atoms with Gasteiger partial charge in [-0.15, -0.1) is 0 Å². The third-order valence-electron chi connectivity index (χ3n) is 2.54. The predicted molar refractivity (Wildman–Crippen MR) is 64.1 cm³/mol. The van der Waals surface area contributed by atoms with Crippen LogP contribution in [0.4, 0.5) is 0 Å². The van der Waals surface area contributed by atoms with Crippen LogP contribution in [0.5, 0.6) is 0 Å². The Kier molecular flexibility index (Phi) is 4.99. The van der Waals surface area contributed by atoms with E-state index in [0.717, 1.165) is 0 Å². The molecule has 0 bridgehead atoms. The molecule has 18 heavy (non-hydrogen) atoms. The van der Waals surface area contributed by atoms with Crippen LogP contribution in [-0.2, 0) is 11.2 Å². The van der Waals surface area contributed by atoms with E-state index >= 15 is 0 Å². The molecule has 1 heterocycles. The summed E-state index contributed by atoms with van der Waals surface area (Å²) < 4.78 is 0. The number of aliphatic hydroxyl groups is 2. The zero-order chi connectivity index (χ0) is 13.7. The maximum absolute atomic E-state index is 11.6. The normalized spacial score (nSPS) is 12.2. The number of amides is 1. The molecule has 0 aliphatic heterocycles. The van der Waals surface area contributed by atoms with Crippen molar-refractivity contribution in [3.05, 3.63) is 27.4 Å². The molecule has 1 atom stereocenters. The monoisotopic (exact) mass is 255 g/mol. The Bertz CT molecular complexity index is 457. The highest BCUT2D eigenvalue weighted by Gasteiger charge is 2.12. The molecule has 1 unspecified atom stereocenters. The lowest BCUT2D eigenvalue weighted by atomic mass is 10.1. The Hall–Kier alpha value is -1.73. The highest BCUT2D eigenvalue weighted by Crippen LogP contribution is 2.07. The minimum atomic E-state index is -0.968. The minimum absolute atomic E-state index is 0.00971. The van der Waals surface area contributed by atoms with E-state index in [1.807, 2.05) is 0 Å². The Labute approximate surface area is 104 Å². The Morgan fingerprint density at radius 1 is 1.50 bits per heavy atom. The molecule has 7 nitrogen and oxygen atoms in total. The van der Waals surface area contributed by atoms with E-state index in [-0.39, 0.29) is 18.9 Å². The summed E-state index contributed by atoms with van der Waals surface area (Å²) >= 11 is 0. The van der Waals surface area contributed by atoms with Crippen molar-refractivity contribution in [2.24, 2.45) is 0 Å². The van der Waals surface area contributed by atoms with Gasteiger partial charge in [0.15, 0.2) is 0 Å². The van der Waals surface area contributed by atoms with Gasteiger partial charge >= 0.3 is 5.69 Å².